The van der Waals surface area contributed by atoms with Crippen LogP contribution in [-0.2, 0) is 17.4 Å². The van der Waals surface area contributed by atoms with E-state index >= 15 is 0 Å². The number of piperazine rings is 1. The number of hydrogen-bond acceptors (Lipinski definition) is 4. The van der Waals surface area contributed by atoms with E-state index in [1.54, 1.807) is 23.1 Å². The van der Waals surface area contributed by atoms with Gasteiger partial charge in [-0.1, -0.05) is 11.6 Å². The zero-order valence-corrected chi connectivity index (χ0v) is 15.9. The fourth-order valence-electron chi connectivity index (χ4n) is 3.09. The van der Waals surface area contributed by atoms with Crippen molar-refractivity contribution in [1.29, 1.82) is 0 Å². The van der Waals surface area contributed by atoms with Crippen LogP contribution in [0.25, 0.3) is 0 Å². The number of nitrogens with zero attached hydrogens (tertiary/aromatic N) is 3. The minimum atomic E-state index is -4.40. The Labute approximate surface area is 165 Å². The second kappa shape index (κ2) is 8.26. The number of halogens is 4. The Morgan fingerprint density at radius 1 is 1.18 bits per heavy atom. The fraction of sp³-hybridized carbons (Fsp3) is 0.368. The van der Waals surface area contributed by atoms with Gasteiger partial charge in [0.15, 0.2) is 0 Å². The number of anilines is 1. The van der Waals surface area contributed by atoms with Crippen molar-refractivity contribution >= 4 is 23.3 Å². The highest BCUT2D eigenvalue weighted by molar-refractivity contribution is 6.30. The predicted molar refractivity (Wildman–Crippen MR) is 99.7 cm³/mol. The van der Waals surface area contributed by atoms with Crippen molar-refractivity contribution < 1.29 is 22.7 Å². The fourth-order valence-corrected chi connectivity index (χ4v) is 3.28. The van der Waals surface area contributed by atoms with Gasteiger partial charge < -0.3 is 14.5 Å². The minimum Gasteiger partial charge on any atom is -0.496 e. The normalized spacial score (nSPS) is 14.9. The Morgan fingerprint density at radius 3 is 2.46 bits per heavy atom. The van der Waals surface area contributed by atoms with Crippen molar-refractivity contribution in [2.24, 2.45) is 0 Å². The molecule has 1 aromatic heterocycles. The summed E-state index contributed by atoms with van der Waals surface area (Å²) in [5.41, 5.74) is -0.0626. The van der Waals surface area contributed by atoms with E-state index in [0.29, 0.717) is 48.3 Å². The molecule has 2 aromatic rings. The molecule has 1 fully saturated rings. The van der Waals surface area contributed by atoms with Crippen LogP contribution in [0.2, 0.25) is 5.02 Å². The molecule has 0 atom stereocenters. The summed E-state index contributed by atoms with van der Waals surface area (Å²) < 4.78 is 43.2. The van der Waals surface area contributed by atoms with Gasteiger partial charge in [-0.25, -0.2) is 4.98 Å². The highest BCUT2D eigenvalue weighted by atomic mass is 35.5. The molecular formula is C19H19ClF3N3O2. The Balaban J connectivity index is 1.59. The number of hydrogen-bond donors (Lipinski definition) is 0. The summed E-state index contributed by atoms with van der Waals surface area (Å²) in [5, 5.41) is 0.529. The summed E-state index contributed by atoms with van der Waals surface area (Å²) in [7, 11) is 1.53. The first-order chi connectivity index (χ1) is 13.3. The first-order valence-electron chi connectivity index (χ1n) is 8.66. The van der Waals surface area contributed by atoms with Crippen LogP contribution in [0.3, 0.4) is 0 Å². The molecule has 0 saturated carbocycles. The summed E-state index contributed by atoms with van der Waals surface area (Å²) in [6.45, 7) is 1.92. The third-order valence-electron chi connectivity index (χ3n) is 4.62. The maximum absolute atomic E-state index is 12.6. The van der Waals surface area contributed by atoms with Crippen LogP contribution in [0.1, 0.15) is 11.1 Å². The number of alkyl halides is 3. The molecule has 150 valence electrons. The molecule has 1 aromatic carbocycles. The average molecular weight is 414 g/mol. The molecule has 0 bridgehead atoms. The van der Waals surface area contributed by atoms with E-state index in [9.17, 15) is 18.0 Å². The Kier molecular flexibility index (Phi) is 5.98. The molecule has 0 N–H and O–H groups in total. The molecule has 2 heterocycles. The summed E-state index contributed by atoms with van der Waals surface area (Å²) in [6, 6.07) is 7.51. The van der Waals surface area contributed by atoms with E-state index < -0.39 is 11.7 Å². The maximum Gasteiger partial charge on any atom is 0.417 e. The van der Waals surface area contributed by atoms with Crippen molar-refractivity contribution in [2.45, 2.75) is 12.6 Å². The van der Waals surface area contributed by atoms with Crippen LogP contribution < -0.4 is 9.64 Å². The highest BCUT2D eigenvalue weighted by Gasteiger charge is 2.31. The third-order valence-corrected chi connectivity index (χ3v) is 4.85. The number of rotatable bonds is 4. The van der Waals surface area contributed by atoms with E-state index in [2.05, 4.69) is 4.98 Å². The smallest absolute Gasteiger partial charge is 0.417 e. The molecule has 3 rings (SSSR count). The van der Waals surface area contributed by atoms with E-state index in [1.807, 2.05) is 4.90 Å². The van der Waals surface area contributed by atoms with Gasteiger partial charge >= 0.3 is 6.18 Å². The van der Waals surface area contributed by atoms with Crippen molar-refractivity contribution in [3.05, 3.63) is 52.7 Å². The van der Waals surface area contributed by atoms with Crippen molar-refractivity contribution in [2.75, 3.05) is 38.2 Å². The number of amides is 1. The molecule has 0 aliphatic carbocycles. The second-order valence-corrected chi connectivity index (χ2v) is 6.84. The van der Waals surface area contributed by atoms with Gasteiger partial charge in [-0.2, -0.15) is 13.2 Å². The van der Waals surface area contributed by atoms with Gasteiger partial charge in [-0.15, -0.1) is 0 Å². The van der Waals surface area contributed by atoms with Crippen molar-refractivity contribution in [3.8, 4) is 5.75 Å². The Morgan fingerprint density at radius 2 is 1.89 bits per heavy atom. The van der Waals surface area contributed by atoms with Crippen LogP contribution in [0.5, 0.6) is 5.75 Å². The Bertz CT molecular complexity index is 835. The topological polar surface area (TPSA) is 45.7 Å². The third kappa shape index (κ3) is 4.67. The largest absolute Gasteiger partial charge is 0.496 e. The lowest BCUT2D eigenvalue weighted by atomic mass is 10.1. The summed E-state index contributed by atoms with van der Waals surface area (Å²) in [6.07, 6.45) is -3.40. The maximum atomic E-state index is 12.6. The average Bonchev–Trinajstić information content (AvgIpc) is 2.68. The van der Waals surface area contributed by atoms with Gasteiger partial charge in [0.05, 0.1) is 19.1 Å². The van der Waals surface area contributed by atoms with Crippen LogP contribution in [0.4, 0.5) is 19.0 Å². The molecule has 0 unspecified atom stereocenters. The first kappa shape index (κ1) is 20.3. The molecule has 1 saturated heterocycles. The molecule has 0 spiro atoms. The zero-order chi connectivity index (χ0) is 20.3. The molecular weight excluding hydrogens is 395 g/mol. The molecule has 1 aliphatic heterocycles. The first-order valence-corrected chi connectivity index (χ1v) is 9.04. The van der Waals surface area contributed by atoms with Crippen molar-refractivity contribution in [1.82, 2.24) is 9.88 Å². The number of methoxy groups -OCH3 is 1. The predicted octanol–water partition coefficient (Wildman–Crippen LogP) is 3.65. The van der Waals surface area contributed by atoms with E-state index in [1.165, 1.54) is 13.2 Å². The van der Waals surface area contributed by atoms with E-state index in [-0.39, 0.29) is 12.3 Å². The lowest BCUT2D eigenvalue weighted by Gasteiger charge is -2.35. The summed E-state index contributed by atoms with van der Waals surface area (Å²) in [4.78, 5) is 20.1. The molecule has 1 amide bonds. The number of ether oxygens (including phenoxy) is 1. The monoisotopic (exact) mass is 413 g/mol. The quantitative estimate of drug-likeness (QED) is 0.767. The van der Waals surface area contributed by atoms with Gasteiger partial charge in [-0.05, 0) is 30.3 Å². The second-order valence-electron chi connectivity index (χ2n) is 6.40. The lowest BCUT2D eigenvalue weighted by Crippen LogP contribution is -2.49. The summed E-state index contributed by atoms with van der Waals surface area (Å²) >= 11 is 6.00. The number of carbonyl (C=O) groups excluding carboxylic acids is 1. The Hall–Kier alpha value is -2.48. The lowest BCUT2D eigenvalue weighted by molar-refractivity contribution is -0.137. The van der Waals surface area contributed by atoms with Gasteiger partial charge in [0.1, 0.15) is 11.6 Å². The van der Waals surface area contributed by atoms with Crippen molar-refractivity contribution in [3.63, 3.8) is 0 Å². The van der Waals surface area contributed by atoms with Crippen LogP contribution in [0.15, 0.2) is 36.5 Å². The molecule has 28 heavy (non-hydrogen) atoms. The standard InChI is InChI=1S/C19H19ClF3N3O2/c1-28-16-4-3-15(20)10-13(16)11-18(27)26-8-6-25(7-9-26)17-5-2-14(12-24-17)19(21,22)23/h2-5,10,12H,6-9,11H2,1H3. The minimum absolute atomic E-state index is 0.0550. The van der Waals surface area contributed by atoms with Crippen LogP contribution in [-0.4, -0.2) is 49.1 Å². The zero-order valence-electron chi connectivity index (χ0n) is 15.2. The SMILES string of the molecule is COc1ccc(Cl)cc1CC(=O)N1CCN(c2ccc(C(F)(F)F)cn2)CC1. The molecule has 9 heteroatoms. The van der Waals surface area contributed by atoms with E-state index in [4.69, 9.17) is 16.3 Å². The number of aromatic nitrogens is 1. The number of pyridine rings is 1. The summed E-state index contributed by atoms with van der Waals surface area (Å²) in [5.74, 6) is 1.02. The highest BCUT2D eigenvalue weighted by Crippen LogP contribution is 2.29. The van der Waals surface area contributed by atoms with E-state index in [0.717, 1.165) is 12.3 Å². The number of carbonyl (C=O) groups is 1. The molecule has 0 radical (unpaired) electrons. The van der Waals surface area contributed by atoms with Crippen LogP contribution in [0, 0.1) is 0 Å². The molecule has 5 nitrogen and oxygen atoms in total. The van der Waals surface area contributed by atoms with Gasteiger partial charge in [0, 0.05) is 43.0 Å². The number of benzene rings is 1. The van der Waals surface area contributed by atoms with Gasteiger partial charge in [0.25, 0.3) is 0 Å². The van der Waals surface area contributed by atoms with Gasteiger partial charge in [-0.3, -0.25) is 4.79 Å². The van der Waals surface area contributed by atoms with Crippen LogP contribution >= 0.6 is 11.6 Å². The molecule has 1 aliphatic rings. The van der Waals surface area contributed by atoms with Gasteiger partial charge in [0.2, 0.25) is 5.91 Å².